The van der Waals surface area contributed by atoms with E-state index in [1.54, 1.807) is 0 Å². The number of nitrogens with two attached hydrogens (primary N) is 1. The maximum Gasteiger partial charge on any atom is 0.237 e. The van der Waals surface area contributed by atoms with Gasteiger partial charge in [0.05, 0.1) is 11.7 Å². The van der Waals surface area contributed by atoms with Crippen LogP contribution in [0.2, 0.25) is 0 Å². The maximum absolute atomic E-state index is 12.1. The van der Waals surface area contributed by atoms with E-state index in [-0.39, 0.29) is 5.91 Å². The predicted molar refractivity (Wildman–Crippen MR) is 87.5 cm³/mol. The van der Waals surface area contributed by atoms with Crippen molar-refractivity contribution in [2.75, 3.05) is 6.54 Å². The zero-order chi connectivity index (χ0) is 16.1. The quantitative estimate of drug-likeness (QED) is 0.843. The van der Waals surface area contributed by atoms with Crippen LogP contribution in [0.5, 0.6) is 0 Å². The average molecular weight is 300 g/mol. The van der Waals surface area contributed by atoms with Gasteiger partial charge >= 0.3 is 0 Å². The lowest BCUT2D eigenvalue weighted by Crippen LogP contribution is -2.42. The molecule has 0 spiro atoms. The van der Waals surface area contributed by atoms with Gasteiger partial charge in [-0.15, -0.1) is 0 Å². The van der Waals surface area contributed by atoms with Crippen molar-refractivity contribution in [1.82, 2.24) is 15.1 Å². The molecule has 0 fully saturated rings. The standard InChI is InChI=1S/C17H24N4O/c1-12-15(13(2)21(3)20-12)9-10-19-17(22)16(18)11-14-7-5-4-6-8-14/h4-8,16H,9-11,18H2,1-3H3,(H,19,22)/t16-/m0/s1. The van der Waals surface area contributed by atoms with E-state index in [2.05, 4.69) is 10.4 Å². The van der Waals surface area contributed by atoms with Crippen LogP contribution in [0.15, 0.2) is 30.3 Å². The number of amides is 1. The topological polar surface area (TPSA) is 72.9 Å². The Labute approximate surface area is 131 Å². The molecule has 0 bridgehead atoms. The van der Waals surface area contributed by atoms with E-state index in [0.29, 0.717) is 13.0 Å². The van der Waals surface area contributed by atoms with Gasteiger partial charge in [-0.3, -0.25) is 9.48 Å². The Bertz CT molecular complexity index is 634. The lowest BCUT2D eigenvalue weighted by molar-refractivity contribution is -0.122. The Morgan fingerprint density at radius 1 is 1.32 bits per heavy atom. The van der Waals surface area contributed by atoms with Gasteiger partial charge in [0, 0.05) is 19.3 Å². The number of nitrogens with one attached hydrogen (secondary N) is 1. The molecule has 1 atom stereocenters. The van der Waals surface area contributed by atoms with Crippen LogP contribution in [0, 0.1) is 13.8 Å². The zero-order valence-electron chi connectivity index (χ0n) is 13.5. The lowest BCUT2D eigenvalue weighted by Gasteiger charge is -2.12. The summed E-state index contributed by atoms with van der Waals surface area (Å²) in [6.07, 6.45) is 1.33. The Hall–Kier alpha value is -2.14. The van der Waals surface area contributed by atoms with Crippen LogP contribution in [-0.4, -0.2) is 28.3 Å². The monoisotopic (exact) mass is 300 g/mol. The van der Waals surface area contributed by atoms with Crippen LogP contribution in [-0.2, 0) is 24.7 Å². The molecule has 118 valence electrons. The fourth-order valence-electron chi connectivity index (χ4n) is 2.58. The molecule has 0 aliphatic heterocycles. The number of hydrogen-bond donors (Lipinski definition) is 2. The Balaban J connectivity index is 1.82. The minimum absolute atomic E-state index is 0.108. The zero-order valence-corrected chi connectivity index (χ0v) is 13.5. The third kappa shape index (κ3) is 3.95. The van der Waals surface area contributed by atoms with Gasteiger partial charge in [0.15, 0.2) is 0 Å². The summed E-state index contributed by atoms with van der Waals surface area (Å²) in [4.78, 5) is 12.1. The molecule has 1 heterocycles. The first-order chi connectivity index (χ1) is 10.5. The molecule has 0 saturated heterocycles. The van der Waals surface area contributed by atoms with Crippen molar-refractivity contribution >= 4 is 5.91 Å². The van der Waals surface area contributed by atoms with Gasteiger partial charge < -0.3 is 11.1 Å². The number of carbonyl (C=O) groups is 1. The summed E-state index contributed by atoms with van der Waals surface area (Å²) in [5, 5.41) is 7.29. The molecule has 1 amide bonds. The second-order valence-electron chi connectivity index (χ2n) is 5.61. The van der Waals surface area contributed by atoms with Gasteiger partial charge in [0.25, 0.3) is 0 Å². The second kappa shape index (κ2) is 7.22. The Kier molecular flexibility index (Phi) is 5.33. The molecule has 0 radical (unpaired) electrons. The van der Waals surface area contributed by atoms with E-state index in [1.807, 2.05) is 55.9 Å². The molecule has 2 rings (SSSR count). The largest absolute Gasteiger partial charge is 0.354 e. The summed E-state index contributed by atoms with van der Waals surface area (Å²) in [6.45, 7) is 4.61. The molecule has 2 aromatic rings. The van der Waals surface area contributed by atoms with Crippen LogP contribution in [0.3, 0.4) is 0 Å². The third-order valence-corrected chi connectivity index (χ3v) is 3.97. The number of nitrogens with zero attached hydrogens (tertiary/aromatic N) is 2. The first kappa shape index (κ1) is 16.2. The maximum atomic E-state index is 12.1. The van der Waals surface area contributed by atoms with Crippen molar-refractivity contribution < 1.29 is 4.79 Å². The van der Waals surface area contributed by atoms with E-state index in [0.717, 1.165) is 23.4 Å². The Morgan fingerprint density at radius 2 is 2.00 bits per heavy atom. The molecule has 22 heavy (non-hydrogen) atoms. The molecular weight excluding hydrogens is 276 g/mol. The van der Waals surface area contributed by atoms with Gasteiger partial charge in [-0.25, -0.2) is 0 Å². The van der Waals surface area contributed by atoms with Crippen LogP contribution in [0.25, 0.3) is 0 Å². The molecule has 5 heteroatoms. The number of carbonyl (C=O) groups excluding carboxylic acids is 1. The normalized spacial score (nSPS) is 12.2. The van der Waals surface area contributed by atoms with Crippen molar-refractivity contribution in [3.05, 3.63) is 52.8 Å². The highest BCUT2D eigenvalue weighted by Gasteiger charge is 2.14. The van der Waals surface area contributed by atoms with Crippen molar-refractivity contribution in [2.45, 2.75) is 32.7 Å². The summed E-state index contributed by atoms with van der Waals surface area (Å²) in [5.74, 6) is -0.108. The molecule has 1 aromatic heterocycles. The average Bonchev–Trinajstić information content (AvgIpc) is 2.74. The van der Waals surface area contributed by atoms with Gasteiger partial charge in [-0.05, 0) is 37.8 Å². The van der Waals surface area contributed by atoms with E-state index < -0.39 is 6.04 Å². The minimum Gasteiger partial charge on any atom is -0.354 e. The fourth-order valence-corrected chi connectivity index (χ4v) is 2.58. The summed E-state index contributed by atoms with van der Waals surface area (Å²) in [7, 11) is 1.93. The van der Waals surface area contributed by atoms with Crippen LogP contribution >= 0.6 is 0 Å². The van der Waals surface area contributed by atoms with E-state index >= 15 is 0 Å². The molecule has 0 saturated carbocycles. The van der Waals surface area contributed by atoms with E-state index in [4.69, 9.17) is 5.73 Å². The summed E-state index contributed by atoms with van der Waals surface area (Å²) < 4.78 is 1.87. The lowest BCUT2D eigenvalue weighted by atomic mass is 10.1. The van der Waals surface area contributed by atoms with Crippen molar-refractivity contribution in [3.8, 4) is 0 Å². The highest BCUT2D eigenvalue weighted by atomic mass is 16.2. The van der Waals surface area contributed by atoms with Gasteiger partial charge in [0.2, 0.25) is 5.91 Å². The first-order valence-electron chi connectivity index (χ1n) is 7.55. The second-order valence-corrected chi connectivity index (χ2v) is 5.61. The number of hydrogen-bond acceptors (Lipinski definition) is 3. The molecular formula is C17H24N4O. The third-order valence-electron chi connectivity index (χ3n) is 3.97. The smallest absolute Gasteiger partial charge is 0.237 e. The van der Waals surface area contributed by atoms with Gasteiger partial charge in [0.1, 0.15) is 0 Å². The van der Waals surface area contributed by atoms with Crippen molar-refractivity contribution in [1.29, 1.82) is 0 Å². The Morgan fingerprint density at radius 3 is 2.59 bits per heavy atom. The van der Waals surface area contributed by atoms with Crippen molar-refractivity contribution in [2.24, 2.45) is 12.8 Å². The van der Waals surface area contributed by atoms with Crippen LogP contribution < -0.4 is 11.1 Å². The number of aromatic nitrogens is 2. The molecule has 5 nitrogen and oxygen atoms in total. The highest BCUT2D eigenvalue weighted by Crippen LogP contribution is 2.11. The molecule has 3 N–H and O–H groups in total. The SMILES string of the molecule is Cc1nn(C)c(C)c1CCNC(=O)[C@@H](N)Cc1ccccc1. The summed E-state index contributed by atoms with van der Waals surface area (Å²) in [6, 6.07) is 9.30. The predicted octanol–water partition coefficient (Wildman–Crippen LogP) is 1.27. The van der Waals surface area contributed by atoms with Crippen LogP contribution in [0.4, 0.5) is 0 Å². The van der Waals surface area contributed by atoms with E-state index in [9.17, 15) is 4.79 Å². The molecule has 1 aromatic carbocycles. The fraction of sp³-hybridized carbons (Fsp3) is 0.412. The molecule has 0 unspecified atom stereocenters. The molecule has 0 aliphatic rings. The van der Waals surface area contributed by atoms with Crippen molar-refractivity contribution in [3.63, 3.8) is 0 Å². The van der Waals surface area contributed by atoms with Gasteiger partial charge in [-0.1, -0.05) is 30.3 Å². The summed E-state index contributed by atoms with van der Waals surface area (Å²) >= 11 is 0. The summed E-state index contributed by atoms with van der Waals surface area (Å²) in [5.41, 5.74) is 10.4. The molecule has 0 aliphatic carbocycles. The highest BCUT2D eigenvalue weighted by molar-refractivity contribution is 5.81. The first-order valence-corrected chi connectivity index (χ1v) is 7.55. The minimum atomic E-state index is -0.515. The number of benzene rings is 1. The number of rotatable bonds is 6. The van der Waals surface area contributed by atoms with Gasteiger partial charge in [-0.2, -0.15) is 5.10 Å². The van der Waals surface area contributed by atoms with E-state index in [1.165, 1.54) is 5.56 Å². The van der Waals surface area contributed by atoms with Crippen LogP contribution in [0.1, 0.15) is 22.5 Å². The number of aryl methyl sites for hydroxylation is 2.